The molecular weight excluding hydrogens is 258 g/mol. The summed E-state index contributed by atoms with van der Waals surface area (Å²) in [4.78, 5) is 11.9. The molecule has 0 aliphatic rings. The first-order valence-corrected chi connectivity index (χ1v) is 6.81. The fourth-order valence-corrected chi connectivity index (χ4v) is 1.76. The number of aliphatic hydroxyl groups excluding tert-OH is 1. The summed E-state index contributed by atoms with van der Waals surface area (Å²) < 4.78 is 10.6. The fourth-order valence-electron chi connectivity index (χ4n) is 1.76. The Bertz CT molecular complexity index is 409. The molecule has 1 atom stereocenters. The molecule has 0 aromatic heterocycles. The largest absolute Gasteiger partial charge is 0.481 e. The van der Waals surface area contributed by atoms with Gasteiger partial charge in [0, 0.05) is 26.9 Å². The number of amides is 1. The van der Waals surface area contributed by atoms with Crippen molar-refractivity contribution in [3.63, 3.8) is 0 Å². The van der Waals surface area contributed by atoms with Gasteiger partial charge >= 0.3 is 0 Å². The molecule has 0 saturated carbocycles. The Hall–Kier alpha value is -1.59. The molecule has 112 valence electrons. The Balaban J connectivity index is 2.48. The van der Waals surface area contributed by atoms with E-state index in [4.69, 9.17) is 14.6 Å². The second-order valence-corrected chi connectivity index (χ2v) is 4.48. The van der Waals surface area contributed by atoms with Crippen molar-refractivity contribution in [2.75, 3.05) is 26.9 Å². The minimum atomic E-state index is -0.572. The molecule has 0 spiro atoms. The Labute approximate surface area is 119 Å². The minimum absolute atomic E-state index is 0.0535. The number of hydrogen-bond donors (Lipinski definition) is 2. The highest BCUT2D eigenvalue weighted by Gasteiger charge is 2.15. The van der Waals surface area contributed by atoms with Gasteiger partial charge in [0.2, 0.25) is 0 Å². The standard InChI is InChI=1S/C15H23NO4/c1-12(15(18)16-9-5-11-19-2)20-14-7-4-3-6-13(14)8-10-17/h3-4,6-7,12,17H,5,8-11H2,1-2H3,(H,16,18). The zero-order valence-corrected chi connectivity index (χ0v) is 12.1. The molecule has 1 amide bonds. The molecule has 1 unspecified atom stereocenters. The van der Waals surface area contributed by atoms with Gasteiger partial charge in [-0.25, -0.2) is 0 Å². The van der Waals surface area contributed by atoms with Gasteiger partial charge < -0.3 is 19.9 Å². The zero-order valence-electron chi connectivity index (χ0n) is 12.1. The van der Waals surface area contributed by atoms with E-state index in [2.05, 4.69) is 5.32 Å². The van der Waals surface area contributed by atoms with Crippen LogP contribution in [-0.4, -0.2) is 44.0 Å². The number of nitrogens with one attached hydrogen (secondary N) is 1. The van der Waals surface area contributed by atoms with Gasteiger partial charge in [-0.2, -0.15) is 0 Å². The van der Waals surface area contributed by atoms with E-state index < -0.39 is 6.10 Å². The van der Waals surface area contributed by atoms with Crippen molar-refractivity contribution < 1.29 is 19.4 Å². The molecule has 0 radical (unpaired) electrons. The van der Waals surface area contributed by atoms with Gasteiger partial charge in [-0.3, -0.25) is 4.79 Å². The Morgan fingerprint density at radius 2 is 2.15 bits per heavy atom. The number of ether oxygens (including phenoxy) is 2. The SMILES string of the molecule is COCCCNC(=O)C(C)Oc1ccccc1CCO. The highest BCUT2D eigenvalue weighted by atomic mass is 16.5. The van der Waals surface area contributed by atoms with Crippen LogP contribution in [0.3, 0.4) is 0 Å². The van der Waals surface area contributed by atoms with Crippen LogP contribution >= 0.6 is 0 Å². The summed E-state index contributed by atoms with van der Waals surface area (Å²) in [5.41, 5.74) is 0.897. The highest BCUT2D eigenvalue weighted by molar-refractivity contribution is 5.80. The van der Waals surface area contributed by atoms with Gasteiger partial charge in [0.05, 0.1) is 0 Å². The van der Waals surface area contributed by atoms with Crippen LogP contribution in [0.15, 0.2) is 24.3 Å². The molecule has 0 aliphatic heterocycles. The summed E-state index contributed by atoms with van der Waals surface area (Å²) in [7, 11) is 1.63. The first kappa shape index (κ1) is 16.5. The van der Waals surface area contributed by atoms with E-state index in [9.17, 15) is 4.79 Å². The number of carbonyl (C=O) groups is 1. The van der Waals surface area contributed by atoms with E-state index >= 15 is 0 Å². The summed E-state index contributed by atoms with van der Waals surface area (Å²) in [6.45, 7) is 2.95. The number of benzene rings is 1. The predicted molar refractivity (Wildman–Crippen MR) is 76.8 cm³/mol. The lowest BCUT2D eigenvalue weighted by atomic mass is 10.1. The molecule has 20 heavy (non-hydrogen) atoms. The Morgan fingerprint density at radius 1 is 1.40 bits per heavy atom. The topological polar surface area (TPSA) is 67.8 Å². The highest BCUT2D eigenvalue weighted by Crippen LogP contribution is 2.19. The lowest BCUT2D eigenvalue weighted by Crippen LogP contribution is -2.37. The first-order chi connectivity index (χ1) is 9.69. The summed E-state index contributed by atoms with van der Waals surface area (Å²) in [6, 6.07) is 7.42. The summed E-state index contributed by atoms with van der Waals surface area (Å²) in [5.74, 6) is 0.487. The molecule has 0 saturated heterocycles. The third kappa shape index (κ3) is 5.59. The van der Waals surface area contributed by atoms with E-state index in [1.54, 1.807) is 20.1 Å². The van der Waals surface area contributed by atoms with Crippen molar-refractivity contribution in [3.05, 3.63) is 29.8 Å². The molecule has 1 aromatic rings. The summed E-state index contributed by atoms with van der Waals surface area (Å²) >= 11 is 0. The molecule has 5 nitrogen and oxygen atoms in total. The molecule has 0 heterocycles. The summed E-state index contributed by atoms with van der Waals surface area (Å²) in [6.07, 6.45) is 0.714. The van der Waals surface area contributed by atoms with Crippen molar-refractivity contribution in [2.24, 2.45) is 0 Å². The number of methoxy groups -OCH3 is 1. The van der Waals surface area contributed by atoms with Crippen LogP contribution < -0.4 is 10.1 Å². The Kier molecular flexibility index (Phi) is 7.69. The van der Waals surface area contributed by atoms with Crippen LogP contribution in [0, 0.1) is 0 Å². The Morgan fingerprint density at radius 3 is 2.85 bits per heavy atom. The number of hydrogen-bond acceptors (Lipinski definition) is 4. The van der Waals surface area contributed by atoms with Crippen molar-refractivity contribution in [1.29, 1.82) is 0 Å². The summed E-state index contributed by atoms with van der Waals surface area (Å²) in [5, 5.41) is 11.8. The third-order valence-corrected chi connectivity index (χ3v) is 2.85. The van der Waals surface area contributed by atoms with Gasteiger partial charge in [0.25, 0.3) is 5.91 Å². The molecule has 0 aliphatic carbocycles. The van der Waals surface area contributed by atoms with Crippen molar-refractivity contribution >= 4 is 5.91 Å². The lowest BCUT2D eigenvalue weighted by Gasteiger charge is -2.17. The number of rotatable bonds is 9. The van der Waals surface area contributed by atoms with Crippen LogP contribution in [0.4, 0.5) is 0 Å². The van der Waals surface area contributed by atoms with Gasteiger partial charge in [0.1, 0.15) is 5.75 Å². The second-order valence-electron chi connectivity index (χ2n) is 4.48. The number of carbonyl (C=O) groups excluding carboxylic acids is 1. The number of aliphatic hydroxyl groups is 1. The predicted octanol–water partition coefficient (Wildman–Crippen LogP) is 1.14. The van der Waals surface area contributed by atoms with Crippen molar-refractivity contribution in [3.8, 4) is 5.75 Å². The average Bonchev–Trinajstić information content (AvgIpc) is 2.45. The van der Waals surface area contributed by atoms with Gasteiger partial charge in [-0.15, -0.1) is 0 Å². The normalized spacial score (nSPS) is 11.9. The molecule has 2 N–H and O–H groups in total. The van der Waals surface area contributed by atoms with Crippen molar-refractivity contribution in [2.45, 2.75) is 25.9 Å². The van der Waals surface area contributed by atoms with Gasteiger partial charge in [-0.05, 0) is 31.4 Å². The van der Waals surface area contributed by atoms with Crippen LogP contribution in [0.25, 0.3) is 0 Å². The number of para-hydroxylation sites is 1. The zero-order chi connectivity index (χ0) is 14.8. The maximum atomic E-state index is 11.9. The minimum Gasteiger partial charge on any atom is -0.481 e. The lowest BCUT2D eigenvalue weighted by molar-refractivity contribution is -0.127. The monoisotopic (exact) mass is 281 g/mol. The van der Waals surface area contributed by atoms with Crippen LogP contribution in [0.1, 0.15) is 18.9 Å². The third-order valence-electron chi connectivity index (χ3n) is 2.85. The average molecular weight is 281 g/mol. The quantitative estimate of drug-likeness (QED) is 0.666. The van der Waals surface area contributed by atoms with Crippen LogP contribution in [0.5, 0.6) is 5.75 Å². The van der Waals surface area contributed by atoms with Crippen LogP contribution in [-0.2, 0) is 16.0 Å². The van der Waals surface area contributed by atoms with Gasteiger partial charge in [-0.1, -0.05) is 18.2 Å². The van der Waals surface area contributed by atoms with Crippen LogP contribution in [0.2, 0.25) is 0 Å². The molecule has 0 bridgehead atoms. The van der Waals surface area contributed by atoms with E-state index in [0.717, 1.165) is 12.0 Å². The van der Waals surface area contributed by atoms with Crippen molar-refractivity contribution in [1.82, 2.24) is 5.32 Å². The maximum Gasteiger partial charge on any atom is 0.260 e. The molecule has 0 fully saturated rings. The fraction of sp³-hybridized carbons (Fsp3) is 0.533. The molecule has 1 rings (SSSR count). The van der Waals surface area contributed by atoms with E-state index in [0.29, 0.717) is 25.3 Å². The first-order valence-electron chi connectivity index (χ1n) is 6.81. The second kappa shape index (κ2) is 9.34. The smallest absolute Gasteiger partial charge is 0.260 e. The van der Waals surface area contributed by atoms with E-state index in [1.165, 1.54) is 0 Å². The van der Waals surface area contributed by atoms with E-state index in [1.807, 2.05) is 18.2 Å². The van der Waals surface area contributed by atoms with Gasteiger partial charge in [0.15, 0.2) is 6.10 Å². The molecule has 5 heteroatoms. The molecule has 1 aromatic carbocycles. The van der Waals surface area contributed by atoms with E-state index in [-0.39, 0.29) is 12.5 Å². The maximum absolute atomic E-state index is 11.9. The molecular formula is C15H23NO4.